The summed E-state index contributed by atoms with van der Waals surface area (Å²) in [7, 11) is 0. The summed E-state index contributed by atoms with van der Waals surface area (Å²) < 4.78 is 11.4. The van der Waals surface area contributed by atoms with Gasteiger partial charge >= 0.3 is 5.97 Å². The largest absolute Gasteiger partial charge is 0.464 e. The molecule has 4 rings (SSSR count). The Morgan fingerprint density at radius 2 is 1.87 bits per heavy atom. The maximum absolute atomic E-state index is 13.1. The molecule has 2 aliphatic rings. The Morgan fingerprint density at radius 1 is 1.13 bits per heavy atom. The SMILES string of the molecule is CCOC(=O)[C@H](C1CC1)N1C(=O)CO[C@H](c2cccc(Cl)c2)C1c1ccc(Cl)cc1. The molecular weight excluding hydrogens is 425 g/mol. The zero-order valence-corrected chi connectivity index (χ0v) is 18.1. The van der Waals surface area contributed by atoms with Crippen molar-refractivity contribution in [3.8, 4) is 0 Å². The Bertz CT molecular complexity index is 929. The highest BCUT2D eigenvalue weighted by atomic mass is 35.5. The van der Waals surface area contributed by atoms with Crippen LogP contribution in [-0.4, -0.2) is 36.0 Å². The van der Waals surface area contributed by atoms with Crippen molar-refractivity contribution in [3.05, 3.63) is 69.7 Å². The van der Waals surface area contributed by atoms with Gasteiger partial charge in [0.15, 0.2) is 0 Å². The van der Waals surface area contributed by atoms with E-state index in [9.17, 15) is 9.59 Å². The number of hydrogen-bond acceptors (Lipinski definition) is 4. The number of morpholine rings is 1. The zero-order chi connectivity index (χ0) is 21.3. The average molecular weight is 448 g/mol. The first-order chi connectivity index (χ1) is 14.5. The molecule has 2 aromatic rings. The second kappa shape index (κ2) is 8.96. The van der Waals surface area contributed by atoms with Gasteiger partial charge in [-0.3, -0.25) is 4.79 Å². The third-order valence-corrected chi connectivity index (χ3v) is 6.03. The smallest absolute Gasteiger partial charge is 0.329 e. The quantitative estimate of drug-likeness (QED) is 0.586. The predicted octanol–water partition coefficient (Wildman–Crippen LogP) is 4.98. The van der Waals surface area contributed by atoms with Crippen LogP contribution in [-0.2, 0) is 19.1 Å². The normalized spacial score (nSPS) is 22.6. The lowest BCUT2D eigenvalue weighted by molar-refractivity contribution is -0.174. The lowest BCUT2D eigenvalue weighted by atomic mass is 9.90. The summed E-state index contributed by atoms with van der Waals surface area (Å²) in [4.78, 5) is 27.7. The minimum absolute atomic E-state index is 0.0981. The standard InChI is InChI=1S/C23H23Cl2NO4/c1-2-29-23(28)21(15-6-7-15)26-19(27)13-30-22(16-4-3-5-18(25)12-16)20(26)14-8-10-17(24)11-9-14/h3-5,8-12,15,20-22H,2,6-7,13H2,1H3/t20?,21-,22+/m0/s1. The fourth-order valence-electron chi connectivity index (χ4n) is 4.09. The minimum Gasteiger partial charge on any atom is -0.464 e. The maximum atomic E-state index is 13.1. The molecule has 0 bridgehead atoms. The molecule has 0 spiro atoms. The van der Waals surface area contributed by atoms with E-state index in [1.165, 1.54) is 0 Å². The van der Waals surface area contributed by atoms with Crippen LogP contribution in [0.5, 0.6) is 0 Å². The van der Waals surface area contributed by atoms with Crippen LogP contribution >= 0.6 is 23.2 Å². The Morgan fingerprint density at radius 3 is 2.50 bits per heavy atom. The second-order valence-corrected chi connectivity index (χ2v) is 8.49. The van der Waals surface area contributed by atoms with Gasteiger partial charge < -0.3 is 14.4 Å². The molecule has 1 amide bonds. The van der Waals surface area contributed by atoms with Gasteiger partial charge in [0.05, 0.1) is 12.6 Å². The Balaban J connectivity index is 1.81. The van der Waals surface area contributed by atoms with Gasteiger partial charge in [-0.25, -0.2) is 4.79 Å². The van der Waals surface area contributed by atoms with Gasteiger partial charge in [-0.15, -0.1) is 0 Å². The molecule has 0 N–H and O–H groups in total. The van der Waals surface area contributed by atoms with E-state index in [0.717, 1.165) is 24.0 Å². The van der Waals surface area contributed by atoms with Crippen molar-refractivity contribution in [1.29, 1.82) is 0 Å². The molecule has 2 aromatic carbocycles. The first kappa shape index (κ1) is 21.2. The number of carbonyl (C=O) groups is 2. The van der Waals surface area contributed by atoms with Crippen molar-refractivity contribution in [3.63, 3.8) is 0 Å². The van der Waals surface area contributed by atoms with Gasteiger partial charge in [0, 0.05) is 10.0 Å². The molecule has 30 heavy (non-hydrogen) atoms. The molecule has 0 aromatic heterocycles. The van der Waals surface area contributed by atoms with E-state index < -0.39 is 18.2 Å². The number of nitrogens with zero attached hydrogens (tertiary/aromatic N) is 1. The van der Waals surface area contributed by atoms with Crippen molar-refractivity contribution in [2.24, 2.45) is 5.92 Å². The number of esters is 1. The molecule has 1 unspecified atom stereocenters. The maximum Gasteiger partial charge on any atom is 0.329 e. The van der Waals surface area contributed by atoms with Gasteiger partial charge in [0.2, 0.25) is 5.91 Å². The highest BCUT2D eigenvalue weighted by Gasteiger charge is 2.50. The molecule has 0 radical (unpaired) electrons. The summed E-state index contributed by atoms with van der Waals surface area (Å²) in [5, 5.41) is 1.18. The fourth-order valence-corrected chi connectivity index (χ4v) is 4.41. The molecule has 1 aliphatic heterocycles. The summed E-state index contributed by atoms with van der Waals surface area (Å²) in [6, 6.07) is 13.6. The van der Waals surface area contributed by atoms with Crippen LogP contribution in [0.1, 0.15) is 43.0 Å². The van der Waals surface area contributed by atoms with Crippen molar-refractivity contribution >= 4 is 35.1 Å². The van der Waals surface area contributed by atoms with Gasteiger partial charge in [-0.1, -0.05) is 47.5 Å². The van der Waals surface area contributed by atoms with Crippen molar-refractivity contribution in [1.82, 2.24) is 4.90 Å². The van der Waals surface area contributed by atoms with Crippen LogP contribution in [0.15, 0.2) is 48.5 Å². The average Bonchev–Trinajstić information content (AvgIpc) is 3.55. The topological polar surface area (TPSA) is 55.8 Å². The van der Waals surface area contributed by atoms with Crippen LogP contribution in [0.3, 0.4) is 0 Å². The number of hydrogen-bond donors (Lipinski definition) is 0. The Labute approximate surface area is 185 Å². The Hall–Kier alpha value is -2.08. The van der Waals surface area contributed by atoms with Crippen molar-refractivity contribution < 1.29 is 19.1 Å². The number of halogens is 2. The first-order valence-corrected chi connectivity index (χ1v) is 10.9. The number of ether oxygens (including phenoxy) is 2. The van der Waals surface area contributed by atoms with Gasteiger partial charge in [0.25, 0.3) is 0 Å². The number of carbonyl (C=O) groups excluding carboxylic acids is 2. The lowest BCUT2D eigenvalue weighted by Gasteiger charge is -2.44. The van der Waals surface area contributed by atoms with Crippen LogP contribution in [0, 0.1) is 5.92 Å². The second-order valence-electron chi connectivity index (χ2n) is 7.62. The van der Waals surface area contributed by atoms with E-state index in [-0.39, 0.29) is 31.0 Å². The highest BCUT2D eigenvalue weighted by Crippen LogP contribution is 2.46. The van der Waals surface area contributed by atoms with E-state index >= 15 is 0 Å². The number of amides is 1. The fraction of sp³-hybridized carbons (Fsp3) is 0.391. The molecule has 1 heterocycles. The van der Waals surface area contributed by atoms with Crippen molar-refractivity contribution in [2.45, 2.75) is 38.0 Å². The molecule has 2 fully saturated rings. The van der Waals surface area contributed by atoms with Crippen molar-refractivity contribution in [2.75, 3.05) is 13.2 Å². The van der Waals surface area contributed by atoms with E-state index in [1.807, 2.05) is 30.3 Å². The molecule has 7 heteroatoms. The zero-order valence-electron chi connectivity index (χ0n) is 16.6. The van der Waals surface area contributed by atoms with E-state index in [1.54, 1.807) is 30.0 Å². The summed E-state index contributed by atoms with van der Waals surface area (Å²) in [6.45, 7) is 1.93. The minimum atomic E-state index is -0.635. The van der Waals surface area contributed by atoms with Crippen LogP contribution < -0.4 is 0 Å². The summed E-state index contributed by atoms with van der Waals surface area (Å²) >= 11 is 12.3. The molecule has 3 atom stereocenters. The summed E-state index contributed by atoms with van der Waals surface area (Å²) in [6.07, 6.45) is 1.31. The predicted molar refractivity (Wildman–Crippen MR) is 114 cm³/mol. The summed E-state index contributed by atoms with van der Waals surface area (Å²) in [5.41, 5.74) is 1.69. The van der Waals surface area contributed by atoms with Gasteiger partial charge in [-0.2, -0.15) is 0 Å². The molecule has 1 saturated carbocycles. The highest BCUT2D eigenvalue weighted by molar-refractivity contribution is 6.30. The van der Waals surface area contributed by atoms with Gasteiger partial charge in [0.1, 0.15) is 18.8 Å². The van der Waals surface area contributed by atoms with E-state index in [2.05, 4.69) is 0 Å². The van der Waals surface area contributed by atoms with Crippen LogP contribution in [0.2, 0.25) is 10.0 Å². The third kappa shape index (κ3) is 4.34. The Kier molecular flexibility index (Phi) is 6.32. The van der Waals surface area contributed by atoms with E-state index in [4.69, 9.17) is 32.7 Å². The molecular formula is C23H23Cl2NO4. The molecule has 1 saturated heterocycles. The van der Waals surface area contributed by atoms with Gasteiger partial charge in [-0.05, 0) is 61.1 Å². The lowest BCUT2D eigenvalue weighted by Crippen LogP contribution is -2.54. The number of rotatable bonds is 6. The number of benzene rings is 2. The van der Waals surface area contributed by atoms with Crippen LogP contribution in [0.4, 0.5) is 0 Å². The summed E-state index contributed by atoms with van der Waals surface area (Å²) in [5.74, 6) is -0.488. The molecule has 158 valence electrons. The molecule has 5 nitrogen and oxygen atoms in total. The first-order valence-electron chi connectivity index (χ1n) is 10.1. The van der Waals surface area contributed by atoms with Crippen LogP contribution in [0.25, 0.3) is 0 Å². The monoisotopic (exact) mass is 447 g/mol. The molecule has 1 aliphatic carbocycles. The third-order valence-electron chi connectivity index (χ3n) is 5.55. The van der Waals surface area contributed by atoms with E-state index in [0.29, 0.717) is 10.0 Å².